The predicted octanol–water partition coefficient (Wildman–Crippen LogP) is 2.97. The van der Waals surface area contributed by atoms with Gasteiger partial charge in [-0.1, -0.05) is 19.9 Å². The van der Waals surface area contributed by atoms with E-state index in [1.807, 2.05) is 26.0 Å². The lowest BCUT2D eigenvalue weighted by Gasteiger charge is -2.28. The first kappa shape index (κ1) is 16.9. The van der Waals surface area contributed by atoms with Gasteiger partial charge in [-0.2, -0.15) is 0 Å². The lowest BCUT2D eigenvalue weighted by molar-refractivity contribution is -0.125. The van der Waals surface area contributed by atoms with Crippen molar-refractivity contribution in [2.24, 2.45) is 11.1 Å². The first-order valence-electron chi connectivity index (χ1n) is 7.69. The number of benzene rings is 1. The van der Waals surface area contributed by atoms with Gasteiger partial charge in [0.15, 0.2) is 0 Å². The molecule has 6 heteroatoms. The Morgan fingerprint density at radius 3 is 2.70 bits per heavy atom. The summed E-state index contributed by atoms with van der Waals surface area (Å²) in [5, 5.41) is 2.93. The SMILES string of the molecule is CCC(CC)(CN)C(=O)Nc1cccc(Oc2cnccn2)c1. The number of amides is 1. The topological polar surface area (TPSA) is 90.1 Å². The molecule has 0 spiro atoms. The van der Waals surface area contributed by atoms with E-state index >= 15 is 0 Å². The van der Waals surface area contributed by atoms with Crippen LogP contribution >= 0.6 is 0 Å². The van der Waals surface area contributed by atoms with Gasteiger partial charge < -0.3 is 15.8 Å². The summed E-state index contributed by atoms with van der Waals surface area (Å²) in [6, 6.07) is 7.16. The van der Waals surface area contributed by atoms with E-state index in [-0.39, 0.29) is 5.91 Å². The van der Waals surface area contributed by atoms with Gasteiger partial charge in [-0.15, -0.1) is 0 Å². The minimum Gasteiger partial charge on any atom is -0.437 e. The van der Waals surface area contributed by atoms with Crippen molar-refractivity contribution in [3.05, 3.63) is 42.9 Å². The van der Waals surface area contributed by atoms with Crippen LogP contribution in [0.5, 0.6) is 11.6 Å². The number of hydrogen-bond acceptors (Lipinski definition) is 5. The zero-order valence-corrected chi connectivity index (χ0v) is 13.5. The van der Waals surface area contributed by atoms with E-state index in [0.717, 1.165) is 0 Å². The van der Waals surface area contributed by atoms with Crippen molar-refractivity contribution < 1.29 is 9.53 Å². The van der Waals surface area contributed by atoms with Crippen molar-refractivity contribution in [1.29, 1.82) is 0 Å². The zero-order valence-electron chi connectivity index (χ0n) is 13.5. The Morgan fingerprint density at radius 2 is 2.09 bits per heavy atom. The maximum absolute atomic E-state index is 12.5. The fraction of sp³-hybridized carbons (Fsp3) is 0.353. The van der Waals surface area contributed by atoms with Crippen molar-refractivity contribution in [2.75, 3.05) is 11.9 Å². The fourth-order valence-electron chi connectivity index (χ4n) is 2.31. The Hall–Kier alpha value is -2.47. The first-order chi connectivity index (χ1) is 11.1. The number of carbonyl (C=O) groups excluding carboxylic acids is 1. The van der Waals surface area contributed by atoms with Crippen molar-refractivity contribution in [3.63, 3.8) is 0 Å². The summed E-state index contributed by atoms with van der Waals surface area (Å²) in [5.74, 6) is 0.908. The third-order valence-electron chi connectivity index (χ3n) is 4.08. The molecule has 1 amide bonds. The normalized spacial score (nSPS) is 11.1. The third kappa shape index (κ3) is 4.04. The summed E-state index contributed by atoms with van der Waals surface area (Å²) in [4.78, 5) is 20.5. The van der Waals surface area contributed by atoms with E-state index in [0.29, 0.717) is 36.7 Å². The lowest BCUT2D eigenvalue weighted by Crippen LogP contribution is -2.41. The Labute approximate surface area is 136 Å². The molecule has 0 fully saturated rings. The van der Waals surface area contributed by atoms with Crippen LogP contribution in [0.4, 0.5) is 5.69 Å². The summed E-state index contributed by atoms with van der Waals surface area (Å²) in [7, 11) is 0. The van der Waals surface area contributed by atoms with E-state index in [1.165, 1.54) is 6.20 Å². The van der Waals surface area contributed by atoms with Crippen LogP contribution in [0.15, 0.2) is 42.9 Å². The number of aromatic nitrogens is 2. The van der Waals surface area contributed by atoms with Gasteiger partial charge in [-0.05, 0) is 25.0 Å². The monoisotopic (exact) mass is 314 g/mol. The van der Waals surface area contributed by atoms with Crippen molar-refractivity contribution >= 4 is 11.6 Å². The number of nitrogens with zero attached hydrogens (tertiary/aromatic N) is 2. The highest BCUT2D eigenvalue weighted by Crippen LogP contribution is 2.28. The maximum Gasteiger partial charge on any atom is 0.237 e. The molecular weight excluding hydrogens is 292 g/mol. The van der Waals surface area contributed by atoms with E-state index in [2.05, 4.69) is 15.3 Å². The summed E-state index contributed by atoms with van der Waals surface area (Å²) >= 11 is 0. The van der Waals surface area contributed by atoms with E-state index < -0.39 is 5.41 Å². The van der Waals surface area contributed by atoms with Gasteiger partial charge in [0.25, 0.3) is 0 Å². The Bertz CT molecular complexity index is 634. The molecule has 0 atom stereocenters. The largest absolute Gasteiger partial charge is 0.437 e. The third-order valence-corrected chi connectivity index (χ3v) is 4.08. The molecule has 0 aliphatic carbocycles. The van der Waals surface area contributed by atoms with Gasteiger partial charge >= 0.3 is 0 Å². The van der Waals surface area contributed by atoms with Crippen LogP contribution in [0.1, 0.15) is 26.7 Å². The van der Waals surface area contributed by atoms with Crippen molar-refractivity contribution in [1.82, 2.24) is 9.97 Å². The number of rotatable bonds is 7. The number of anilines is 1. The number of nitrogens with one attached hydrogen (secondary N) is 1. The van der Waals surface area contributed by atoms with Gasteiger partial charge in [0.1, 0.15) is 5.75 Å². The Kier molecular flexibility index (Phi) is 5.65. The molecule has 0 aliphatic rings. The number of carbonyl (C=O) groups is 1. The molecule has 1 aromatic heterocycles. The molecule has 0 unspecified atom stereocenters. The highest BCUT2D eigenvalue weighted by molar-refractivity contribution is 5.95. The summed E-state index contributed by atoms with van der Waals surface area (Å²) in [5.41, 5.74) is 5.94. The molecule has 23 heavy (non-hydrogen) atoms. The molecule has 2 rings (SSSR count). The molecule has 1 heterocycles. The quantitative estimate of drug-likeness (QED) is 0.820. The summed E-state index contributed by atoms with van der Waals surface area (Å²) < 4.78 is 5.62. The second-order valence-electron chi connectivity index (χ2n) is 5.32. The number of ether oxygens (including phenoxy) is 1. The molecule has 0 radical (unpaired) electrons. The molecule has 0 bridgehead atoms. The second kappa shape index (κ2) is 7.69. The van der Waals surface area contributed by atoms with Gasteiger partial charge in [0.2, 0.25) is 11.8 Å². The minimum absolute atomic E-state index is 0.0679. The van der Waals surface area contributed by atoms with Gasteiger partial charge in [-0.3, -0.25) is 9.78 Å². The first-order valence-corrected chi connectivity index (χ1v) is 7.69. The lowest BCUT2D eigenvalue weighted by atomic mass is 9.81. The zero-order chi connectivity index (χ0) is 16.7. The fourth-order valence-corrected chi connectivity index (χ4v) is 2.31. The minimum atomic E-state index is -0.540. The van der Waals surface area contributed by atoms with Crippen LogP contribution in [-0.2, 0) is 4.79 Å². The molecule has 0 saturated carbocycles. The molecule has 3 N–H and O–H groups in total. The van der Waals surface area contributed by atoms with Gasteiger partial charge in [0.05, 0.1) is 11.6 Å². The molecular formula is C17H22N4O2. The maximum atomic E-state index is 12.5. The van der Waals surface area contributed by atoms with Crippen molar-refractivity contribution in [3.8, 4) is 11.6 Å². The smallest absolute Gasteiger partial charge is 0.237 e. The van der Waals surface area contributed by atoms with Crippen molar-refractivity contribution in [2.45, 2.75) is 26.7 Å². The number of hydrogen-bond donors (Lipinski definition) is 2. The predicted molar refractivity (Wildman–Crippen MR) is 89.2 cm³/mol. The van der Waals surface area contributed by atoms with E-state index in [1.54, 1.807) is 24.5 Å². The van der Waals surface area contributed by atoms with E-state index in [4.69, 9.17) is 10.5 Å². The Morgan fingerprint density at radius 1 is 1.30 bits per heavy atom. The standard InChI is InChI=1S/C17H22N4O2/c1-3-17(4-2,12-18)16(22)21-13-6-5-7-14(10-13)23-15-11-19-8-9-20-15/h5-11H,3-4,12,18H2,1-2H3,(H,21,22). The van der Waals surface area contributed by atoms with Crippen LogP contribution in [0.25, 0.3) is 0 Å². The number of nitrogens with two attached hydrogens (primary N) is 1. The summed E-state index contributed by atoms with van der Waals surface area (Å²) in [6.07, 6.45) is 6.05. The van der Waals surface area contributed by atoms with Crippen LogP contribution in [0.3, 0.4) is 0 Å². The molecule has 2 aromatic rings. The highest BCUT2D eigenvalue weighted by atomic mass is 16.5. The van der Waals surface area contributed by atoms with Gasteiger partial charge in [-0.25, -0.2) is 4.98 Å². The van der Waals surface area contributed by atoms with Crippen LogP contribution in [-0.4, -0.2) is 22.4 Å². The highest BCUT2D eigenvalue weighted by Gasteiger charge is 2.33. The average Bonchev–Trinajstić information content (AvgIpc) is 2.58. The molecule has 1 aromatic carbocycles. The van der Waals surface area contributed by atoms with Crippen LogP contribution in [0, 0.1) is 5.41 Å². The van der Waals surface area contributed by atoms with Crippen LogP contribution in [0.2, 0.25) is 0 Å². The van der Waals surface area contributed by atoms with E-state index in [9.17, 15) is 4.79 Å². The molecule has 0 aliphatic heterocycles. The second-order valence-corrected chi connectivity index (χ2v) is 5.32. The molecule has 6 nitrogen and oxygen atoms in total. The molecule has 122 valence electrons. The average molecular weight is 314 g/mol. The molecule has 0 saturated heterocycles. The Balaban J connectivity index is 2.12. The van der Waals surface area contributed by atoms with Gasteiger partial charge in [0, 0.05) is 30.7 Å². The summed E-state index contributed by atoms with van der Waals surface area (Å²) in [6.45, 7) is 4.27. The van der Waals surface area contributed by atoms with Crippen LogP contribution < -0.4 is 15.8 Å².